The van der Waals surface area contributed by atoms with Gasteiger partial charge in [0.15, 0.2) is 18.1 Å². The van der Waals surface area contributed by atoms with Crippen molar-refractivity contribution < 1.29 is 19.1 Å². The molecule has 3 aromatic rings. The van der Waals surface area contributed by atoms with Crippen LogP contribution < -0.4 is 20.5 Å². The fraction of sp³-hybridized carbons (Fsp3) is 0.227. The zero-order valence-electron chi connectivity index (χ0n) is 17.4. The van der Waals surface area contributed by atoms with Gasteiger partial charge in [-0.05, 0) is 42.8 Å². The van der Waals surface area contributed by atoms with Crippen LogP contribution in [-0.2, 0) is 9.59 Å². The van der Waals surface area contributed by atoms with E-state index in [2.05, 4.69) is 10.4 Å². The molecule has 1 aliphatic rings. The minimum absolute atomic E-state index is 0.115. The number of aryl methyl sites for hydroxylation is 1. The third kappa shape index (κ3) is 4.39. The summed E-state index contributed by atoms with van der Waals surface area (Å²) in [5, 5.41) is 8.07. The van der Waals surface area contributed by atoms with Gasteiger partial charge in [0, 0.05) is 10.6 Å². The molecule has 0 saturated carbocycles. The van der Waals surface area contributed by atoms with Crippen LogP contribution in [0, 0.1) is 6.92 Å². The van der Waals surface area contributed by atoms with Gasteiger partial charge in [-0.25, -0.2) is 4.68 Å². The van der Waals surface area contributed by atoms with Crippen molar-refractivity contribution in [3.63, 3.8) is 0 Å². The molecule has 2 amide bonds. The summed E-state index contributed by atoms with van der Waals surface area (Å²) < 4.78 is 12.6. The van der Waals surface area contributed by atoms with Crippen molar-refractivity contribution >= 4 is 41.0 Å². The molecule has 1 aliphatic heterocycles. The van der Waals surface area contributed by atoms with Crippen LogP contribution in [0.3, 0.4) is 0 Å². The highest BCUT2D eigenvalue weighted by molar-refractivity contribution is 8.00. The second-order valence-electron chi connectivity index (χ2n) is 7.14. The van der Waals surface area contributed by atoms with E-state index < -0.39 is 5.91 Å². The van der Waals surface area contributed by atoms with Crippen LogP contribution >= 0.6 is 23.4 Å². The van der Waals surface area contributed by atoms with Crippen molar-refractivity contribution in [3.05, 3.63) is 64.3 Å². The average molecular weight is 473 g/mol. The van der Waals surface area contributed by atoms with Gasteiger partial charge in [-0.2, -0.15) is 5.10 Å². The number of nitrogens with two attached hydrogens (primary N) is 1. The number of halogens is 1. The molecule has 0 spiro atoms. The number of aromatic nitrogens is 2. The van der Waals surface area contributed by atoms with Crippen molar-refractivity contribution in [2.24, 2.45) is 5.73 Å². The molecule has 1 unspecified atom stereocenters. The standard InChI is InChI=1S/C22H21ClN4O4S/c1-12-20-21(13-6-7-16(17(8-13)30-2)31-10-18(24)28)32-11-19(29)25-22(20)27(26-12)15-5-3-4-14(23)9-15/h3-9,21H,10-11H2,1-2H3,(H2,24,28)(H,25,29). The number of carbonyl (C=O) groups is 2. The van der Waals surface area contributed by atoms with Gasteiger partial charge in [0.05, 0.1) is 29.5 Å². The lowest BCUT2D eigenvalue weighted by molar-refractivity contribution is -0.120. The summed E-state index contributed by atoms with van der Waals surface area (Å²) in [5.74, 6) is 1.07. The van der Waals surface area contributed by atoms with Gasteiger partial charge in [-0.15, -0.1) is 11.8 Å². The summed E-state index contributed by atoms with van der Waals surface area (Å²) in [6.45, 7) is 1.66. The molecule has 2 heterocycles. The highest BCUT2D eigenvalue weighted by atomic mass is 35.5. The van der Waals surface area contributed by atoms with Crippen LogP contribution in [0.15, 0.2) is 42.5 Å². The number of primary amides is 1. The number of nitrogens with one attached hydrogen (secondary N) is 1. The zero-order valence-corrected chi connectivity index (χ0v) is 19.0. The number of rotatable bonds is 6. The van der Waals surface area contributed by atoms with Crippen molar-refractivity contribution in [2.75, 3.05) is 24.8 Å². The number of amides is 2. The smallest absolute Gasteiger partial charge is 0.255 e. The normalized spacial score (nSPS) is 15.5. The fourth-order valence-corrected chi connectivity index (χ4v) is 4.92. The van der Waals surface area contributed by atoms with E-state index in [1.165, 1.54) is 18.9 Å². The van der Waals surface area contributed by atoms with E-state index in [0.717, 1.165) is 22.5 Å². The molecule has 32 heavy (non-hydrogen) atoms. The number of anilines is 1. The van der Waals surface area contributed by atoms with Crippen molar-refractivity contribution in [1.82, 2.24) is 9.78 Å². The lowest BCUT2D eigenvalue weighted by atomic mass is 10.0. The Kier molecular flexibility index (Phi) is 6.29. The van der Waals surface area contributed by atoms with Crippen LogP contribution in [0.4, 0.5) is 5.82 Å². The fourth-order valence-electron chi connectivity index (χ4n) is 3.56. The highest BCUT2D eigenvalue weighted by Gasteiger charge is 2.31. The van der Waals surface area contributed by atoms with E-state index in [0.29, 0.717) is 22.3 Å². The average Bonchev–Trinajstić information content (AvgIpc) is 2.97. The summed E-state index contributed by atoms with van der Waals surface area (Å²) in [6.07, 6.45) is 0. The molecule has 1 aromatic heterocycles. The summed E-state index contributed by atoms with van der Waals surface area (Å²) in [7, 11) is 1.52. The topological polar surface area (TPSA) is 108 Å². The molecule has 0 bridgehead atoms. The molecule has 166 valence electrons. The number of hydrogen-bond acceptors (Lipinski definition) is 6. The highest BCUT2D eigenvalue weighted by Crippen LogP contribution is 2.45. The molecule has 10 heteroatoms. The lowest BCUT2D eigenvalue weighted by Crippen LogP contribution is -2.20. The number of benzene rings is 2. The third-order valence-corrected chi connectivity index (χ3v) is 6.43. The first kappa shape index (κ1) is 22.0. The van der Waals surface area contributed by atoms with Crippen molar-refractivity contribution in [1.29, 1.82) is 0 Å². The molecular formula is C22H21ClN4O4S. The lowest BCUT2D eigenvalue weighted by Gasteiger charge is -2.18. The van der Waals surface area contributed by atoms with Crippen LogP contribution in [-0.4, -0.2) is 41.1 Å². The van der Waals surface area contributed by atoms with Crippen LogP contribution in [0.1, 0.15) is 22.1 Å². The van der Waals surface area contributed by atoms with Gasteiger partial charge >= 0.3 is 0 Å². The SMILES string of the molecule is COc1cc(C2SCC(=O)Nc3c2c(C)nn3-c2cccc(Cl)c2)ccc1OCC(N)=O. The summed E-state index contributed by atoms with van der Waals surface area (Å²) in [4.78, 5) is 23.6. The summed E-state index contributed by atoms with van der Waals surface area (Å²) >= 11 is 7.67. The van der Waals surface area contributed by atoms with E-state index in [1.54, 1.807) is 22.9 Å². The molecule has 4 rings (SSSR count). The Morgan fingerprint density at radius 2 is 2.12 bits per heavy atom. The minimum atomic E-state index is -0.575. The largest absolute Gasteiger partial charge is 0.493 e. The molecule has 0 fully saturated rings. The molecule has 3 N–H and O–H groups in total. The first-order valence-electron chi connectivity index (χ1n) is 9.73. The Labute approximate surface area is 194 Å². The van der Waals surface area contributed by atoms with E-state index in [-0.39, 0.29) is 23.5 Å². The van der Waals surface area contributed by atoms with Crippen LogP contribution in [0.5, 0.6) is 11.5 Å². The van der Waals surface area contributed by atoms with Gasteiger partial charge < -0.3 is 20.5 Å². The Balaban J connectivity index is 1.79. The molecule has 2 aromatic carbocycles. The zero-order chi connectivity index (χ0) is 22.8. The van der Waals surface area contributed by atoms with Gasteiger partial charge in [0.25, 0.3) is 5.91 Å². The van der Waals surface area contributed by atoms with E-state index >= 15 is 0 Å². The quantitative estimate of drug-likeness (QED) is 0.568. The maximum Gasteiger partial charge on any atom is 0.255 e. The molecule has 0 aliphatic carbocycles. The van der Waals surface area contributed by atoms with E-state index in [4.69, 9.17) is 26.8 Å². The maximum atomic E-state index is 12.5. The second kappa shape index (κ2) is 9.13. The number of hydrogen-bond donors (Lipinski definition) is 2. The summed E-state index contributed by atoms with van der Waals surface area (Å²) in [6, 6.07) is 12.7. The predicted molar refractivity (Wildman–Crippen MR) is 124 cm³/mol. The minimum Gasteiger partial charge on any atom is -0.493 e. The number of nitrogens with zero attached hydrogens (tertiary/aromatic N) is 2. The Morgan fingerprint density at radius 3 is 2.84 bits per heavy atom. The van der Waals surface area contributed by atoms with E-state index in [9.17, 15) is 9.59 Å². The Hall–Kier alpha value is -3.17. The number of ether oxygens (including phenoxy) is 2. The van der Waals surface area contributed by atoms with Gasteiger partial charge in [-0.1, -0.05) is 23.7 Å². The Morgan fingerprint density at radius 1 is 1.31 bits per heavy atom. The monoisotopic (exact) mass is 472 g/mol. The van der Waals surface area contributed by atoms with Crippen LogP contribution in [0.25, 0.3) is 5.69 Å². The molecular weight excluding hydrogens is 452 g/mol. The molecule has 0 saturated heterocycles. The summed E-state index contributed by atoms with van der Waals surface area (Å²) in [5.41, 5.74) is 8.51. The number of fused-ring (bicyclic) bond motifs is 1. The first-order chi connectivity index (χ1) is 15.4. The predicted octanol–water partition coefficient (Wildman–Crippen LogP) is 3.48. The van der Waals surface area contributed by atoms with Gasteiger partial charge in [0.1, 0.15) is 5.82 Å². The maximum absolute atomic E-state index is 12.5. The van der Waals surface area contributed by atoms with Crippen LogP contribution in [0.2, 0.25) is 5.02 Å². The second-order valence-corrected chi connectivity index (χ2v) is 8.67. The van der Waals surface area contributed by atoms with Crippen molar-refractivity contribution in [3.8, 4) is 17.2 Å². The van der Waals surface area contributed by atoms with Gasteiger partial charge in [0.2, 0.25) is 5.91 Å². The third-order valence-electron chi connectivity index (χ3n) is 4.92. The molecule has 1 atom stereocenters. The number of methoxy groups -OCH3 is 1. The molecule has 0 radical (unpaired) electrons. The number of thioether (sulfide) groups is 1. The molecule has 8 nitrogen and oxygen atoms in total. The number of carbonyl (C=O) groups excluding carboxylic acids is 2. The van der Waals surface area contributed by atoms with Gasteiger partial charge in [-0.3, -0.25) is 9.59 Å². The van der Waals surface area contributed by atoms with Crippen molar-refractivity contribution in [2.45, 2.75) is 12.2 Å². The first-order valence-corrected chi connectivity index (χ1v) is 11.2. The Bertz CT molecular complexity index is 1200. The van der Waals surface area contributed by atoms with E-state index in [1.807, 2.05) is 31.2 Å².